The molecule has 0 amide bonds. The maximum absolute atomic E-state index is 13.3. The van der Waals surface area contributed by atoms with E-state index in [4.69, 9.17) is 0 Å². The minimum absolute atomic E-state index is 0.175. The van der Waals surface area contributed by atoms with Crippen LogP contribution in [0, 0.1) is 0 Å². The second-order valence-electron chi connectivity index (χ2n) is 7.33. The van der Waals surface area contributed by atoms with Crippen molar-refractivity contribution in [2.75, 3.05) is 0 Å². The summed E-state index contributed by atoms with van der Waals surface area (Å²) in [6, 6.07) is 20.0. The third-order valence-corrected chi connectivity index (χ3v) is 7.94. The minimum Gasteiger partial charge on any atom is -0.871 e. The number of thiazole rings is 2. The topological polar surface area (TPSA) is 48.4 Å². The van der Waals surface area contributed by atoms with Crippen LogP contribution in [0.4, 0.5) is 0 Å². The zero-order chi connectivity index (χ0) is 20.0. The van der Waals surface area contributed by atoms with E-state index in [1.807, 2.05) is 69.7 Å². The summed E-state index contributed by atoms with van der Waals surface area (Å²) >= 11 is 3.31. The second kappa shape index (κ2) is 5.56. The van der Waals surface area contributed by atoms with Gasteiger partial charge in [-0.25, -0.2) is 0 Å². The highest BCUT2D eigenvalue weighted by Crippen LogP contribution is 2.41. The Kier molecular flexibility index (Phi) is 3.03. The smallest absolute Gasteiger partial charge is 0.268 e. The van der Waals surface area contributed by atoms with Gasteiger partial charge < -0.3 is 5.11 Å². The number of carbonyl (C=O) groups excluding carboxylic acids is 1. The van der Waals surface area contributed by atoms with Crippen LogP contribution in [0.25, 0.3) is 42.6 Å². The Morgan fingerprint density at radius 2 is 1.63 bits per heavy atom. The van der Waals surface area contributed by atoms with Crippen molar-refractivity contribution in [3.05, 3.63) is 88.8 Å². The molecule has 0 N–H and O–H groups in total. The first-order chi connectivity index (χ1) is 14.7. The van der Waals surface area contributed by atoms with Crippen molar-refractivity contribution < 1.29 is 14.5 Å². The summed E-state index contributed by atoms with van der Waals surface area (Å²) in [5.74, 6) is -0.351. The second-order valence-corrected chi connectivity index (χ2v) is 9.46. The van der Waals surface area contributed by atoms with Gasteiger partial charge in [-0.05, 0) is 30.3 Å². The van der Waals surface area contributed by atoms with Crippen LogP contribution in [0.15, 0.2) is 78.1 Å². The number of aromatic nitrogens is 2. The van der Waals surface area contributed by atoms with E-state index in [0.29, 0.717) is 11.4 Å². The highest BCUT2D eigenvalue weighted by Gasteiger charge is 2.39. The molecule has 0 spiro atoms. The van der Waals surface area contributed by atoms with Crippen molar-refractivity contribution in [1.82, 2.24) is 4.40 Å². The largest absolute Gasteiger partial charge is 0.871 e. The fourth-order valence-electron chi connectivity index (χ4n) is 4.42. The minimum atomic E-state index is -0.175. The molecule has 30 heavy (non-hydrogen) atoms. The van der Waals surface area contributed by atoms with Crippen LogP contribution in [0.5, 0.6) is 0 Å². The predicted molar refractivity (Wildman–Crippen MR) is 119 cm³/mol. The Labute approximate surface area is 178 Å². The number of carbonyl (C=O) groups is 1. The van der Waals surface area contributed by atoms with Crippen LogP contribution >= 0.6 is 22.7 Å². The maximum Gasteiger partial charge on any atom is 0.268 e. The SMILES string of the molecule is O=C1C(=C2C=Cc3sc4ccccc4[n+]32)C([O-])=C1c1ccc2sc3ccccc3n12. The molecule has 3 aromatic heterocycles. The molecule has 0 atom stereocenters. The maximum atomic E-state index is 13.3. The Bertz CT molecular complexity index is 1670. The van der Waals surface area contributed by atoms with E-state index in [9.17, 15) is 9.90 Å². The number of Topliss-reactive ketones (excluding diaryl/α,β-unsaturated/α-hetero) is 1. The average molecular weight is 425 g/mol. The molecule has 0 saturated carbocycles. The van der Waals surface area contributed by atoms with Gasteiger partial charge in [0, 0.05) is 23.8 Å². The molecule has 0 fully saturated rings. The Morgan fingerprint density at radius 1 is 0.833 bits per heavy atom. The van der Waals surface area contributed by atoms with E-state index in [0.717, 1.165) is 30.3 Å². The van der Waals surface area contributed by atoms with E-state index in [2.05, 4.69) is 12.1 Å². The molecule has 1 aliphatic heterocycles. The van der Waals surface area contributed by atoms with Crippen LogP contribution in [-0.4, -0.2) is 10.2 Å². The van der Waals surface area contributed by atoms with Crippen LogP contribution in [0.3, 0.4) is 0 Å². The quantitative estimate of drug-likeness (QED) is 0.298. The van der Waals surface area contributed by atoms with E-state index < -0.39 is 0 Å². The number of benzene rings is 2. The summed E-state index contributed by atoms with van der Waals surface area (Å²) in [6.45, 7) is 0. The van der Waals surface area contributed by atoms with Crippen molar-refractivity contribution >= 4 is 71.1 Å². The molecule has 6 heteroatoms. The van der Waals surface area contributed by atoms with Gasteiger partial charge in [-0.15, -0.1) is 15.9 Å². The standard InChI is InChI=1S/C24H12N2O2S2/c27-23-21(15-9-11-19-25(15)13-5-1-3-7-17(13)29-19)24(28)22(23)16-10-12-20-26(16)14-6-2-4-8-18(14)30-20/h1-12H. The van der Waals surface area contributed by atoms with Gasteiger partial charge >= 0.3 is 0 Å². The van der Waals surface area contributed by atoms with E-state index >= 15 is 0 Å². The number of fused-ring (bicyclic) bond motifs is 6. The highest BCUT2D eigenvalue weighted by atomic mass is 32.1. The number of hydrogen-bond donors (Lipinski definition) is 0. The average Bonchev–Trinajstić information content (AvgIpc) is 3.50. The molecule has 2 aromatic carbocycles. The summed E-state index contributed by atoms with van der Waals surface area (Å²) in [5.41, 5.74) is 3.97. The van der Waals surface area contributed by atoms with Crippen LogP contribution in [0.2, 0.25) is 0 Å². The molecule has 7 rings (SSSR count). The number of nitrogens with zero attached hydrogens (tertiary/aromatic N) is 2. The highest BCUT2D eigenvalue weighted by molar-refractivity contribution is 7.24. The van der Waals surface area contributed by atoms with Gasteiger partial charge in [-0.2, -0.15) is 0 Å². The number of hydrogen-bond acceptors (Lipinski definition) is 4. The third-order valence-electron chi connectivity index (χ3n) is 5.75. The van der Waals surface area contributed by atoms with Crippen molar-refractivity contribution in [3.63, 3.8) is 0 Å². The van der Waals surface area contributed by atoms with Gasteiger partial charge in [0.1, 0.15) is 9.53 Å². The number of ketones is 1. The Morgan fingerprint density at radius 3 is 2.50 bits per heavy atom. The Hall–Kier alpha value is -3.48. The molecular formula is C24H12N2O2S2. The molecule has 1 aliphatic carbocycles. The predicted octanol–water partition coefficient (Wildman–Crippen LogP) is 4.25. The molecule has 0 saturated heterocycles. The summed E-state index contributed by atoms with van der Waals surface area (Å²) in [6.07, 6.45) is 3.86. The molecule has 142 valence electrons. The summed E-state index contributed by atoms with van der Waals surface area (Å²) in [4.78, 5) is 14.3. The van der Waals surface area contributed by atoms with Crippen molar-refractivity contribution in [3.8, 4) is 0 Å². The van der Waals surface area contributed by atoms with Crippen LogP contribution in [-0.2, 0) is 4.79 Å². The molecule has 0 bridgehead atoms. The van der Waals surface area contributed by atoms with E-state index in [1.165, 1.54) is 0 Å². The van der Waals surface area contributed by atoms with Crippen molar-refractivity contribution in [2.24, 2.45) is 0 Å². The van der Waals surface area contributed by atoms with Gasteiger partial charge in [0.05, 0.1) is 21.5 Å². The van der Waals surface area contributed by atoms with Gasteiger partial charge in [-0.3, -0.25) is 9.20 Å². The third kappa shape index (κ3) is 1.90. The van der Waals surface area contributed by atoms with Crippen LogP contribution < -0.4 is 9.67 Å². The zero-order valence-electron chi connectivity index (χ0n) is 15.5. The first-order valence-corrected chi connectivity index (χ1v) is 11.2. The van der Waals surface area contributed by atoms with Gasteiger partial charge in [0.15, 0.2) is 0 Å². The lowest BCUT2D eigenvalue weighted by Gasteiger charge is -2.29. The molecular weight excluding hydrogens is 412 g/mol. The molecule has 2 aliphatic rings. The monoisotopic (exact) mass is 424 g/mol. The molecule has 4 nitrogen and oxygen atoms in total. The van der Waals surface area contributed by atoms with Gasteiger partial charge in [0.2, 0.25) is 17.0 Å². The Balaban J connectivity index is 1.47. The first-order valence-electron chi connectivity index (χ1n) is 9.54. The summed E-state index contributed by atoms with van der Waals surface area (Å²) < 4.78 is 6.32. The van der Waals surface area contributed by atoms with Gasteiger partial charge in [0.25, 0.3) is 5.01 Å². The first kappa shape index (κ1) is 16.3. The van der Waals surface area contributed by atoms with Gasteiger partial charge in [-0.1, -0.05) is 41.4 Å². The number of allylic oxidation sites excluding steroid dienone is 4. The lowest BCUT2D eigenvalue weighted by atomic mass is 9.84. The molecule has 5 aromatic rings. The molecule has 0 radical (unpaired) electrons. The normalized spacial score (nSPS) is 18.2. The summed E-state index contributed by atoms with van der Waals surface area (Å²) in [5, 5.41) is 14.3. The lowest BCUT2D eigenvalue weighted by molar-refractivity contribution is -0.544. The van der Waals surface area contributed by atoms with Crippen LogP contribution in [0.1, 0.15) is 10.7 Å². The number of para-hydroxylation sites is 2. The van der Waals surface area contributed by atoms with E-state index in [-0.39, 0.29) is 22.7 Å². The molecule has 4 heterocycles. The van der Waals surface area contributed by atoms with Crippen molar-refractivity contribution in [1.29, 1.82) is 0 Å². The molecule has 0 unspecified atom stereocenters. The summed E-state index contributed by atoms with van der Waals surface area (Å²) in [7, 11) is 0. The lowest BCUT2D eigenvalue weighted by Crippen LogP contribution is -2.38. The van der Waals surface area contributed by atoms with Crippen molar-refractivity contribution in [2.45, 2.75) is 0 Å². The van der Waals surface area contributed by atoms with E-state index in [1.54, 1.807) is 22.7 Å². The fraction of sp³-hybridized carbons (Fsp3) is 0. The fourth-order valence-corrected chi connectivity index (χ4v) is 6.54. The number of rotatable bonds is 1. The zero-order valence-corrected chi connectivity index (χ0v) is 17.1.